The van der Waals surface area contributed by atoms with Crippen LogP contribution < -0.4 is 25.3 Å². The number of aromatic nitrogens is 1. The number of methoxy groups -OCH3 is 3. The zero-order valence-electron chi connectivity index (χ0n) is 13.5. The third-order valence-electron chi connectivity index (χ3n) is 3.98. The number of nitrogen functional groups attached to an aromatic ring is 1. The maximum absolute atomic E-state index is 5.87. The molecule has 0 aliphatic carbocycles. The van der Waals surface area contributed by atoms with Crippen molar-refractivity contribution in [2.24, 2.45) is 0 Å². The minimum Gasteiger partial charge on any atom is -0.493 e. The monoisotopic (exact) mass is 335 g/mol. The fourth-order valence-electron chi connectivity index (χ4n) is 2.95. The van der Waals surface area contributed by atoms with Crippen molar-refractivity contribution in [1.82, 2.24) is 10.3 Å². The lowest BCUT2D eigenvalue weighted by molar-refractivity contribution is 0.323. The van der Waals surface area contributed by atoms with E-state index >= 15 is 0 Å². The van der Waals surface area contributed by atoms with Crippen molar-refractivity contribution in [1.29, 1.82) is 0 Å². The van der Waals surface area contributed by atoms with E-state index in [2.05, 4.69) is 10.3 Å². The highest BCUT2D eigenvalue weighted by Gasteiger charge is 2.25. The number of thiazole rings is 1. The number of anilines is 1. The number of benzene rings is 1. The Bertz CT molecular complexity index is 677. The van der Waals surface area contributed by atoms with E-state index in [1.165, 1.54) is 4.88 Å². The smallest absolute Gasteiger partial charge is 0.203 e. The first-order valence-electron chi connectivity index (χ1n) is 7.43. The molecule has 0 fully saturated rings. The van der Waals surface area contributed by atoms with Crippen LogP contribution in [0.25, 0.3) is 0 Å². The average Bonchev–Trinajstić information content (AvgIpc) is 2.95. The standard InChI is InChI=1S/C16H21N3O3S/c1-20-11-7-9(8-12(21-2)15(11)22-3)6-10-14-13(4-5-18-10)23-16(17)19-14/h7-8,10,18H,4-6H2,1-3H3,(H2,17,19). The molecule has 0 amide bonds. The number of fused-ring (bicyclic) bond motifs is 1. The summed E-state index contributed by atoms with van der Waals surface area (Å²) in [7, 11) is 4.85. The summed E-state index contributed by atoms with van der Waals surface area (Å²) in [4.78, 5) is 5.77. The summed E-state index contributed by atoms with van der Waals surface area (Å²) in [6, 6.07) is 4.11. The second-order valence-corrected chi connectivity index (χ2v) is 6.47. The Kier molecular flexibility index (Phi) is 4.58. The van der Waals surface area contributed by atoms with Crippen LogP contribution in [-0.2, 0) is 12.8 Å². The minimum absolute atomic E-state index is 0.148. The van der Waals surface area contributed by atoms with Crippen molar-refractivity contribution in [3.05, 3.63) is 28.3 Å². The number of hydrogen-bond acceptors (Lipinski definition) is 7. The first-order valence-corrected chi connectivity index (χ1v) is 8.25. The van der Waals surface area contributed by atoms with Crippen molar-refractivity contribution in [3.63, 3.8) is 0 Å². The second-order valence-electron chi connectivity index (χ2n) is 5.35. The van der Waals surface area contributed by atoms with E-state index in [0.717, 1.165) is 30.6 Å². The van der Waals surface area contributed by atoms with Gasteiger partial charge < -0.3 is 25.3 Å². The van der Waals surface area contributed by atoms with Gasteiger partial charge >= 0.3 is 0 Å². The van der Waals surface area contributed by atoms with Crippen molar-refractivity contribution < 1.29 is 14.2 Å². The maximum Gasteiger partial charge on any atom is 0.203 e. The van der Waals surface area contributed by atoms with Gasteiger partial charge in [0, 0.05) is 11.4 Å². The van der Waals surface area contributed by atoms with Crippen LogP contribution >= 0.6 is 11.3 Å². The molecule has 3 N–H and O–H groups in total. The molecule has 1 aliphatic heterocycles. The Morgan fingerprint density at radius 3 is 2.52 bits per heavy atom. The normalized spacial score (nSPS) is 16.7. The molecule has 7 heteroatoms. The molecule has 0 saturated carbocycles. The van der Waals surface area contributed by atoms with Gasteiger partial charge in [-0.2, -0.15) is 0 Å². The lowest BCUT2D eigenvalue weighted by Gasteiger charge is -2.23. The average molecular weight is 335 g/mol. The van der Waals surface area contributed by atoms with Crippen LogP contribution in [-0.4, -0.2) is 32.9 Å². The molecule has 124 valence electrons. The molecule has 0 spiro atoms. The van der Waals surface area contributed by atoms with Crippen LogP contribution in [0.4, 0.5) is 5.13 Å². The molecule has 0 radical (unpaired) electrons. The van der Waals surface area contributed by atoms with Crippen molar-refractivity contribution in [2.45, 2.75) is 18.9 Å². The van der Waals surface area contributed by atoms with Crippen molar-refractivity contribution >= 4 is 16.5 Å². The third kappa shape index (κ3) is 3.07. The van der Waals surface area contributed by atoms with Gasteiger partial charge in [-0.25, -0.2) is 4.98 Å². The van der Waals surface area contributed by atoms with Gasteiger partial charge in [-0.15, -0.1) is 11.3 Å². The molecule has 1 atom stereocenters. The van der Waals surface area contributed by atoms with Gasteiger partial charge in [0.1, 0.15) is 0 Å². The van der Waals surface area contributed by atoms with E-state index in [0.29, 0.717) is 22.4 Å². The molecular formula is C16H21N3O3S. The Morgan fingerprint density at radius 1 is 1.22 bits per heavy atom. The van der Waals surface area contributed by atoms with Crippen LogP contribution in [0.2, 0.25) is 0 Å². The summed E-state index contributed by atoms with van der Waals surface area (Å²) in [5.41, 5.74) is 8.02. The van der Waals surface area contributed by atoms with E-state index < -0.39 is 0 Å². The lowest BCUT2D eigenvalue weighted by Crippen LogP contribution is -2.30. The van der Waals surface area contributed by atoms with Crippen LogP contribution in [0, 0.1) is 0 Å². The molecule has 0 bridgehead atoms. The molecule has 2 heterocycles. The Hall–Kier alpha value is -1.99. The number of rotatable bonds is 5. The van der Waals surface area contributed by atoms with Gasteiger partial charge in [0.2, 0.25) is 5.75 Å². The number of hydrogen-bond donors (Lipinski definition) is 2. The molecule has 6 nitrogen and oxygen atoms in total. The number of nitrogens with two attached hydrogens (primary N) is 1. The van der Waals surface area contributed by atoms with Crippen molar-refractivity contribution in [2.75, 3.05) is 33.6 Å². The Balaban J connectivity index is 1.91. The van der Waals surface area contributed by atoms with Gasteiger partial charge in [-0.1, -0.05) is 0 Å². The maximum atomic E-state index is 5.87. The molecular weight excluding hydrogens is 314 g/mol. The second kappa shape index (κ2) is 6.64. The summed E-state index contributed by atoms with van der Waals surface area (Å²) in [6.45, 7) is 0.934. The fourth-order valence-corrected chi connectivity index (χ4v) is 3.84. The molecule has 0 saturated heterocycles. The SMILES string of the molecule is COc1cc(CC2NCCc3sc(N)nc32)cc(OC)c1OC. The van der Waals surface area contributed by atoms with Crippen LogP contribution in [0.15, 0.2) is 12.1 Å². The zero-order chi connectivity index (χ0) is 16.4. The van der Waals surface area contributed by atoms with Gasteiger partial charge in [0.15, 0.2) is 16.6 Å². The summed E-state index contributed by atoms with van der Waals surface area (Å²) < 4.78 is 16.2. The van der Waals surface area contributed by atoms with E-state index in [-0.39, 0.29) is 6.04 Å². The van der Waals surface area contributed by atoms with Gasteiger partial charge in [0.05, 0.1) is 33.1 Å². The third-order valence-corrected chi connectivity index (χ3v) is 4.94. The Labute approximate surface area is 139 Å². The minimum atomic E-state index is 0.148. The van der Waals surface area contributed by atoms with E-state index in [4.69, 9.17) is 19.9 Å². The topological polar surface area (TPSA) is 78.6 Å². The quantitative estimate of drug-likeness (QED) is 0.872. The Morgan fingerprint density at radius 2 is 1.91 bits per heavy atom. The highest BCUT2D eigenvalue weighted by Crippen LogP contribution is 2.39. The zero-order valence-corrected chi connectivity index (χ0v) is 14.3. The first kappa shape index (κ1) is 15.9. The molecule has 23 heavy (non-hydrogen) atoms. The van der Waals surface area contributed by atoms with Gasteiger partial charge in [0.25, 0.3) is 0 Å². The first-order chi connectivity index (χ1) is 11.2. The lowest BCUT2D eigenvalue weighted by atomic mass is 9.98. The fraction of sp³-hybridized carbons (Fsp3) is 0.438. The van der Waals surface area contributed by atoms with E-state index in [1.54, 1.807) is 32.7 Å². The molecule has 1 aliphatic rings. The van der Waals surface area contributed by atoms with Crippen LogP contribution in [0.3, 0.4) is 0 Å². The van der Waals surface area contributed by atoms with Gasteiger partial charge in [-0.05, 0) is 30.5 Å². The van der Waals surface area contributed by atoms with Gasteiger partial charge in [-0.3, -0.25) is 0 Å². The number of nitrogens with one attached hydrogen (secondary N) is 1. The van der Waals surface area contributed by atoms with Crippen LogP contribution in [0.1, 0.15) is 22.2 Å². The van der Waals surface area contributed by atoms with E-state index in [9.17, 15) is 0 Å². The molecule has 1 aromatic carbocycles. The summed E-state index contributed by atoms with van der Waals surface area (Å²) in [6.07, 6.45) is 1.77. The van der Waals surface area contributed by atoms with Crippen LogP contribution in [0.5, 0.6) is 17.2 Å². The molecule has 2 aromatic rings. The predicted molar refractivity (Wildman–Crippen MR) is 90.8 cm³/mol. The molecule has 1 unspecified atom stereocenters. The van der Waals surface area contributed by atoms with E-state index in [1.807, 2.05) is 12.1 Å². The predicted octanol–water partition coefficient (Wildman–Crippen LogP) is 2.18. The summed E-state index contributed by atoms with van der Waals surface area (Å²) in [5.74, 6) is 1.93. The largest absolute Gasteiger partial charge is 0.493 e. The number of nitrogens with zero attached hydrogens (tertiary/aromatic N) is 1. The highest BCUT2D eigenvalue weighted by molar-refractivity contribution is 7.15. The summed E-state index contributed by atoms with van der Waals surface area (Å²) in [5, 5.41) is 4.15. The summed E-state index contributed by atoms with van der Waals surface area (Å²) >= 11 is 1.58. The molecule has 1 aromatic heterocycles. The molecule has 3 rings (SSSR count). The number of ether oxygens (including phenoxy) is 3. The highest BCUT2D eigenvalue weighted by atomic mass is 32.1. The van der Waals surface area contributed by atoms with Crippen molar-refractivity contribution in [3.8, 4) is 17.2 Å².